The van der Waals surface area contributed by atoms with Gasteiger partial charge in [0.1, 0.15) is 0 Å². The third kappa shape index (κ3) is 1.08. The Morgan fingerprint density at radius 2 is 2.00 bits per heavy atom. The van der Waals surface area contributed by atoms with E-state index in [1.54, 1.807) is 0 Å². The van der Waals surface area contributed by atoms with Crippen LogP contribution in [0.1, 0.15) is 6.42 Å². The minimum absolute atomic E-state index is 0.299. The Labute approximate surface area is 66.8 Å². The fraction of sp³-hybridized carbons (Fsp3) is 1.00. The Hall–Kier alpha value is -0.120. The molecule has 2 rings (SSSR count). The number of hydrogen-bond donors (Lipinski definition) is 1. The molecule has 2 heterocycles. The second-order valence-corrected chi connectivity index (χ2v) is 3.63. The molecular weight excluding hydrogens is 142 g/mol. The molecule has 3 heteroatoms. The van der Waals surface area contributed by atoms with Crippen LogP contribution >= 0.6 is 0 Å². The number of rotatable bonds is 1. The molecule has 11 heavy (non-hydrogen) atoms. The molecule has 2 saturated heterocycles. The monoisotopic (exact) mass is 157 g/mol. The quantitative estimate of drug-likeness (QED) is 0.582. The third-order valence-electron chi connectivity index (χ3n) is 2.93. The summed E-state index contributed by atoms with van der Waals surface area (Å²) >= 11 is 0. The summed E-state index contributed by atoms with van der Waals surface area (Å²) < 4.78 is 10.6. The van der Waals surface area contributed by atoms with Crippen molar-refractivity contribution in [1.82, 2.24) is 0 Å². The van der Waals surface area contributed by atoms with Gasteiger partial charge >= 0.3 is 0 Å². The van der Waals surface area contributed by atoms with Gasteiger partial charge in [-0.05, 0) is 18.9 Å². The lowest BCUT2D eigenvalue weighted by Crippen LogP contribution is -2.56. The second-order valence-electron chi connectivity index (χ2n) is 3.63. The summed E-state index contributed by atoms with van der Waals surface area (Å²) in [7, 11) is 0. The van der Waals surface area contributed by atoms with Crippen molar-refractivity contribution in [2.75, 3.05) is 33.0 Å². The van der Waals surface area contributed by atoms with Gasteiger partial charge in [-0.3, -0.25) is 0 Å². The van der Waals surface area contributed by atoms with E-state index < -0.39 is 0 Å². The molecule has 2 aliphatic heterocycles. The zero-order chi connectivity index (χ0) is 7.73. The summed E-state index contributed by atoms with van der Waals surface area (Å²) in [6, 6.07) is 0. The molecule has 2 aliphatic rings. The zero-order valence-corrected chi connectivity index (χ0v) is 6.71. The molecule has 3 nitrogen and oxygen atoms in total. The van der Waals surface area contributed by atoms with E-state index in [0.717, 1.165) is 39.4 Å². The Kier molecular flexibility index (Phi) is 1.87. The van der Waals surface area contributed by atoms with Crippen LogP contribution < -0.4 is 5.73 Å². The van der Waals surface area contributed by atoms with Crippen LogP contribution in [0.5, 0.6) is 0 Å². The zero-order valence-electron chi connectivity index (χ0n) is 6.71. The van der Waals surface area contributed by atoms with E-state index in [4.69, 9.17) is 15.2 Å². The summed E-state index contributed by atoms with van der Waals surface area (Å²) in [6.07, 6.45) is 1.11. The molecule has 0 radical (unpaired) electrons. The molecule has 0 aromatic carbocycles. The molecule has 1 unspecified atom stereocenters. The smallest absolute Gasteiger partial charge is 0.0570 e. The molecule has 0 aromatic heterocycles. The third-order valence-corrected chi connectivity index (χ3v) is 2.93. The topological polar surface area (TPSA) is 44.5 Å². The van der Waals surface area contributed by atoms with Crippen molar-refractivity contribution in [3.63, 3.8) is 0 Å². The van der Waals surface area contributed by atoms with Gasteiger partial charge in [-0.1, -0.05) is 0 Å². The maximum absolute atomic E-state index is 5.68. The summed E-state index contributed by atoms with van der Waals surface area (Å²) in [6.45, 7) is 4.23. The maximum Gasteiger partial charge on any atom is 0.0570 e. The summed E-state index contributed by atoms with van der Waals surface area (Å²) in [5.41, 5.74) is 5.98. The van der Waals surface area contributed by atoms with Crippen LogP contribution in [0, 0.1) is 11.3 Å². The Bertz CT molecular complexity index is 145. The van der Waals surface area contributed by atoms with E-state index in [2.05, 4.69) is 0 Å². The predicted octanol–water partition coefficient (Wildman–Crippen LogP) is -0.00180. The fourth-order valence-corrected chi connectivity index (χ4v) is 1.98. The molecular formula is C8H15NO2. The van der Waals surface area contributed by atoms with Crippen molar-refractivity contribution >= 4 is 0 Å². The van der Waals surface area contributed by atoms with Crippen molar-refractivity contribution < 1.29 is 9.47 Å². The highest BCUT2D eigenvalue weighted by Crippen LogP contribution is 2.40. The number of nitrogens with two attached hydrogens (primary N) is 1. The lowest BCUT2D eigenvalue weighted by Gasteiger charge is -2.49. The molecule has 0 bridgehead atoms. The second kappa shape index (κ2) is 2.73. The van der Waals surface area contributed by atoms with Gasteiger partial charge in [0.25, 0.3) is 0 Å². The van der Waals surface area contributed by atoms with Gasteiger partial charge in [-0.25, -0.2) is 0 Å². The van der Waals surface area contributed by atoms with E-state index in [0.29, 0.717) is 11.3 Å². The summed E-state index contributed by atoms with van der Waals surface area (Å²) in [5.74, 6) is 0.630. The van der Waals surface area contributed by atoms with Gasteiger partial charge in [0.15, 0.2) is 0 Å². The average molecular weight is 157 g/mol. The highest BCUT2D eigenvalue weighted by Gasteiger charge is 2.46. The summed E-state index contributed by atoms with van der Waals surface area (Å²) in [4.78, 5) is 0. The first-order chi connectivity index (χ1) is 5.37. The predicted molar refractivity (Wildman–Crippen MR) is 41.2 cm³/mol. The summed E-state index contributed by atoms with van der Waals surface area (Å²) in [5, 5.41) is 0. The van der Waals surface area contributed by atoms with Gasteiger partial charge < -0.3 is 15.2 Å². The molecule has 2 fully saturated rings. The van der Waals surface area contributed by atoms with Crippen LogP contribution in [0.15, 0.2) is 0 Å². The Balaban J connectivity index is 2.02. The van der Waals surface area contributed by atoms with Crippen LogP contribution in [0.3, 0.4) is 0 Å². The largest absolute Gasteiger partial charge is 0.381 e. The molecule has 0 aliphatic carbocycles. The van der Waals surface area contributed by atoms with E-state index in [1.165, 1.54) is 0 Å². The van der Waals surface area contributed by atoms with Gasteiger partial charge in [0.2, 0.25) is 0 Å². The Morgan fingerprint density at radius 1 is 1.27 bits per heavy atom. The van der Waals surface area contributed by atoms with Gasteiger partial charge in [0, 0.05) is 12.0 Å². The highest BCUT2D eigenvalue weighted by atomic mass is 16.5. The number of hydrogen-bond acceptors (Lipinski definition) is 3. The normalized spacial score (nSPS) is 35.2. The van der Waals surface area contributed by atoms with Crippen molar-refractivity contribution in [3.05, 3.63) is 0 Å². The lowest BCUT2D eigenvalue weighted by molar-refractivity contribution is -0.200. The Morgan fingerprint density at radius 3 is 2.45 bits per heavy atom. The van der Waals surface area contributed by atoms with Crippen molar-refractivity contribution in [2.45, 2.75) is 6.42 Å². The SMILES string of the molecule is NCC1CCOCC12COC2. The van der Waals surface area contributed by atoms with E-state index in [1.807, 2.05) is 0 Å². The first-order valence-corrected chi connectivity index (χ1v) is 4.23. The van der Waals surface area contributed by atoms with Crippen LogP contribution in [-0.4, -0.2) is 33.0 Å². The van der Waals surface area contributed by atoms with Crippen molar-refractivity contribution in [3.8, 4) is 0 Å². The standard InChI is InChI=1S/C8H15NO2/c9-3-7-1-2-10-4-8(7)5-11-6-8/h7H,1-6,9H2. The van der Waals surface area contributed by atoms with Gasteiger partial charge in [-0.2, -0.15) is 0 Å². The fourth-order valence-electron chi connectivity index (χ4n) is 1.98. The van der Waals surface area contributed by atoms with E-state index >= 15 is 0 Å². The minimum atomic E-state index is 0.299. The molecule has 1 atom stereocenters. The molecule has 0 amide bonds. The van der Waals surface area contributed by atoms with Crippen LogP contribution in [0.4, 0.5) is 0 Å². The van der Waals surface area contributed by atoms with E-state index in [-0.39, 0.29) is 0 Å². The van der Waals surface area contributed by atoms with Crippen LogP contribution in [0.2, 0.25) is 0 Å². The van der Waals surface area contributed by atoms with Gasteiger partial charge in [-0.15, -0.1) is 0 Å². The van der Waals surface area contributed by atoms with E-state index in [9.17, 15) is 0 Å². The van der Waals surface area contributed by atoms with Crippen molar-refractivity contribution in [2.24, 2.45) is 17.1 Å². The average Bonchev–Trinajstić information content (AvgIpc) is 2.01. The van der Waals surface area contributed by atoms with Crippen LogP contribution in [0.25, 0.3) is 0 Å². The first-order valence-electron chi connectivity index (χ1n) is 4.23. The highest BCUT2D eigenvalue weighted by molar-refractivity contribution is 4.94. The number of ether oxygens (including phenoxy) is 2. The molecule has 0 aromatic rings. The molecule has 2 N–H and O–H groups in total. The molecule has 1 spiro atoms. The molecule has 64 valence electrons. The molecule has 0 saturated carbocycles. The van der Waals surface area contributed by atoms with Crippen molar-refractivity contribution in [1.29, 1.82) is 0 Å². The maximum atomic E-state index is 5.68. The lowest BCUT2D eigenvalue weighted by atomic mass is 9.71. The minimum Gasteiger partial charge on any atom is -0.381 e. The van der Waals surface area contributed by atoms with Crippen LogP contribution in [-0.2, 0) is 9.47 Å². The first kappa shape index (κ1) is 7.53. The van der Waals surface area contributed by atoms with Gasteiger partial charge in [0.05, 0.1) is 19.8 Å².